The number of thiophene rings is 2. The molecule has 6 aromatic carbocycles. The smallest absolute Gasteiger partial charge is 0.147 e. The predicted molar refractivity (Wildman–Crippen MR) is 249 cm³/mol. The molecular weight excluding hydrogens is 947 g/mol. The van der Waals surface area contributed by atoms with E-state index in [0.29, 0.717) is 19.6 Å². The van der Waals surface area contributed by atoms with E-state index in [9.17, 15) is 10.2 Å². The SMILES string of the molecule is Cc1cc(-c2cscc2OCCCOc2cscc2-c2cc(C)cc(-n3c4ccccc4c4ccccc43)c2O)c(O)c(-n2c3ccccc3c3ccccc32)c1.[CH3-].[CH3-].[Hf]. The zero-order chi connectivity index (χ0) is 38.6. The zero-order valence-electron chi connectivity index (χ0n) is 33.9. The molecule has 9 heteroatoms. The number of hydrogen-bond donors (Lipinski definition) is 2. The molecule has 10 aromatic rings. The first-order valence-corrected chi connectivity index (χ1v) is 20.9. The van der Waals surface area contributed by atoms with Crippen molar-refractivity contribution in [3.8, 4) is 56.6 Å². The van der Waals surface area contributed by atoms with Crippen LogP contribution >= 0.6 is 22.7 Å². The quantitative estimate of drug-likeness (QED) is 0.0814. The topological polar surface area (TPSA) is 68.8 Å². The molecule has 0 atom stereocenters. The van der Waals surface area contributed by atoms with E-state index in [2.05, 4.69) is 95.8 Å². The van der Waals surface area contributed by atoms with E-state index in [1.54, 1.807) is 22.7 Å². The Balaban J connectivity index is 0.00000181. The molecule has 0 fully saturated rings. The minimum absolute atomic E-state index is 0. The number of para-hydroxylation sites is 4. The number of ether oxygens (including phenoxy) is 2. The third-order valence-electron chi connectivity index (χ3n) is 10.7. The molecule has 6 nitrogen and oxygen atoms in total. The van der Waals surface area contributed by atoms with Gasteiger partial charge in [0, 0.05) is 97.6 Å². The van der Waals surface area contributed by atoms with Crippen LogP contribution in [-0.2, 0) is 25.8 Å². The Kier molecular flexibility index (Phi) is 12.4. The van der Waals surface area contributed by atoms with Crippen LogP contribution in [0.2, 0.25) is 0 Å². The minimum atomic E-state index is 0. The molecule has 0 aliphatic carbocycles. The number of aryl methyl sites for hydroxylation is 2. The van der Waals surface area contributed by atoms with Gasteiger partial charge in [-0.1, -0.05) is 72.8 Å². The van der Waals surface area contributed by atoms with Gasteiger partial charge in [-0.2, -0.15) is 0 Å². The van der Waals surface area contributed by atoms with Crippen LogP contribution in [0.5, 0.6) is 23.0 Å². The number of benzene rings is 6. The number of nitrogens with zero attached hydrogens (tertiary/aromatic N) is 2. The van der Waals surface area contributed by atoms with Crippen LogP contribution in [0.1, 0.15) is 17.5 Å². The Morgan fingerprint density at radius 3 is 1.15 bits per heavy atom. The number of rotatable bonds is 10. The molecule has 0 radical (unpaired) electrons. The standard InChI is InChI=1S/C49H38N2O4S2.2CH3.Hf/c1-30-22-36(48(52)44(24-30)50-40-16-7-3-12-32(40)33-13-4-8-17-41(33)50)38-26-56-28-46(38)54-20-11-21-55-47-29-57-27-39(47)37-23-31(2)25-45(49(37)53)51-42-18-9-5-14-34(42)35-15-6-10-19-43(35)51;;;/h3-10,12-19,22-29,52-53H,11,20-21H2,1-2H3;2*1H3;/q;2*-1;. The van der Waals surface area contributed by atoms with Crippen LogP contribution in [0.15, 0.2) is 143 Å². The fraction of sp³-hybridized carbons (Fsp3) is 0.0980. The number of fused-ring (bicyclic) bond motifs is 6. The van der Waals surface area contributed by atoms with E-state index in [4.69, 9.17) is 9.47 Å². The molecule has 4 aromatic heterocycles. The summed E-state index contributed by atoms with van der Waals surface area (Å²) >= 11 is 3.10. The minimum Gasteiger partial charge on any atom is -0.505 e. The van der Waals surface area contributed by atoms with Gasteiger partial charge >= 0.3 is 0 Å². The number of phenolic OH excluding ortho intramolecular Hbond substituents is 2. The van der Waals surface area contributed by atoms with Gasteiger partial charge in [0.1, 0.15) is 23.0 Å². The summed E-state index contributed by atoms with van der Waals surface area (Å²) in [4.78, 5) is 0. The largest absolute Gasteiger partial charge is 0.505 e. The number of hydrogen-bond acceptors (Lipinski definition) is 6. The predicted octanol–water partition coefficient (Wildman–Crippen LogP) is 14.1. The molecule has 0 unspecified atom stereocenters. The molecule has 4 heterocycles. The monoisotopic (exact) mass is 992 g/mol. The van der Waals surface area contributed by atoms with Gasteiger partial charge in [0.25, 0.3) is 0 Å². The van der Waals surface area contributed by atoms with Crippen LogP contribution in [0.4, 0.5) is 0 Å². The van der Waals surface area contributed by atoms with E-state index >= 15 is 0 Å². The summed E-state index contributed by atoms with van der Waals surface area (Å²) in [5, 5.41) is 36.5. The second-order valence-corrected chi connectivity index (χ2v) is 15.9. The molecule has 0 saturated heterocycles. The Morgan fingerprint density at radius 2 is 0.800 bits per heavy atom. The zero-order valence-corrected chi connectivity index (χ0v) is 39.1. The Labute approximate surface area is 377 Å². The Bertz CT molecular complexity index is 2820. The van der Waals surface area contributed by atoms with Gasteiger partial charge in [-0.15, -0.1) is 22.7 Å². The number of aromatic hydroxyl groups is 2. The van der Waals surface area contributed by atoms with E-state index < -0.39 is 0 Å². The summed E-state index contributed by atoms with van der Waals surface area (Å²) in [5.74, 6) is 1.88. The molecule has 2 N–H and O–H groups in total. The molecule has 0 bridgehead atoms. The molecule has 0 aliphatic heterocycles. The van der Waals surface area contributed by atoms with Crippen LogP contribution in [0.3, 0.4) is 0 Å². The van der Waals surface area contributed by atoms with Gasteiger partial charge in [0.15, 0.2) is 0 Å². The van der Waals surface area contributed by atoms with Crippen molar-refractivity contribution >= 4 is 66.3 Å². The van der Waals surface area contributed by atoms with Crippen molar-refractivity contribution in [2.75, 3.05) is 13.2 Å². The second-order valence-electron chi connectivity index (χ2n) is 14.4. The fourth-order valence-corrected chi connectivity index (χ4v) is 9.78. The Hall–Kier alpha value is -5.61. The van der Waals surface area contributed by atoms with Gasteiger partial charge in [-0.05, 0) is 73.5 Å². The summed E-state index contributed by atoms with van der Waals surface area (Å²) in [7, 11) is 0. The fourth-order valence-electron chi connectivity index (χ4n) is 8.25. The van der Waals surface area contributed by atoms with E-state index in [-0.39, 0.29) is 52.2 Å². The van der Waals surface area contributed by atoms with Crippen molar-refractivity contribution in [1.29, 1.82) is 0 Å². The summed E-state index contributed by atoms with van der Waals surface area (Å²) in [6.45, 7) is 4.99. The van der Waals surface area contributed by atoms with E-state index in [1.807, 2.05) is 70.1 Å². The first-order valence-electron chi connectivity index (χ1n) is 19.0. The number of phenols is 2. The van der Waals surface area contributed by atoms with Gasteiger partial charge in [-0.3, -0.25) is 0 Å². The van der Waals surface area contributed by atoms with Gasteiger partial charge < -0.3 is 43.7 Å². The molecule has 0 amide bonds. The maximum Gasteiger partial charge on any atom is 0.147 e. The van der Waals surface area contributed by atoms with Crippen molar-refractivity contribution in [3.05, 3.63) is 169 Å². The maximum atomic E-state index is 11.9. The molecule has 0 aliphatic rings. The average molecular weight is 992 g/mol. The van der Waals surface area contributed by atoms with Crippen molar-refractivity contribution in [2.24, 2.45) is 0 Å². The van der Waals surface area contributed by atoms with Crippen molar-refractivity contribution in [1.82, 2.24) is 9.13 Å². The van der Waals surface area contributed by atoms with Crippen molar-refractivity contribution < 1.29 is 45.5 Å². The van der Waals surface area contributed by atoms with Crippen molar-refractivity contribution in [2.45, 2.75) is 20.3 Å². The Morgan fingerprint density at radius 1 is 0.467 bits per heavy atom. The molecule has 300 valence electrons. The third-order valence-corrected chi connectivity index (χ3v) is 12.2. The van der Waals surface area contributed by atoms with Crippen LogP contribution < -0.4 is 9.47 Å². The summed E-state index contributed by atoms with van der Waals surface area (Å²) in [6, 6.07) is 41.4. The molecule has 0 spiro atoms. The van der Waals surface area contributed by atoms with Crippen LogP contribution in [-0.4, -0.2) is 32.6 Å². The van der Waals surface area contributed by atoms with Gasteiger partial charge in [0.2, 0.25) is 0 Å². The average Bonchev–Trinajstić information content (AvgIpc) is 4.03. The third kappa shape index (κ3) is 7.22. The van der Waals surface area contributed by atoms with Gasteiger partial charge in [-0.25, -0.2) is 0 Å². The molecule has 60 heavy (non-hydrogen) atoms. The molecule has 0 saturated carbocycles. The van der Waals surface area contributed by atoms with Crippen LogP contribution in [0, 0.1) is 28.7 Å². The number of aromatic nitrogens is 2. The van der Waals surface area contributed by atoms with E-state index in [0.717, 1.165) is 99.9 Å². The normalized spacial score (nSPS) is 11.1. The summed E-state index contributed by atoms with van der Waals surface area (Å²) in [5.41, 5.74) is 10.9. The molecule has 10 rings (SSSR count). The first kappa shape index (κ1) is 42.5. The first-order chi connectivity index (χ1) is 28.0. The second kappa shape index (κ2) is 17.5. The van der Waals surface area contributed by atoms with Crippen LogP contribution in [0.25, 0.3) is 77.2 Å². The maximum absolute atomic E-state index is 11.9. The van der Waals surface area contributed by atoms with E-state index in [1.165, 1.54) is 0 Å². The van der Waals surface area contributed by atoms with Crippen molar-refractivity contribution in [3.63, 3.8) is 0 Å². The van der Waals surface area contributed by atoms with Gasteiger partial charge in [0.05, 0.1) is 46.7 Å². The summed E-state index contributed by atoms with van der Waals surface area (Å²) in [6.07, 6.45) is 0.642. The molecular formula is C51H44HfN2O4S2-2. The summed E-state index contributed by atoms with van der Waals surface area (Å²) < 4.78 is 17.0.